The van der Waals surface area contributed by atoms with Crippen LogP contribution in [0.15, 0.2) is 29.2 Å². The predicted molar refractivity (Wildman–Crippen MR) is 93.9 cm³/mol. The summed E-state index contributed by atoms with van der Waals surface area (Å²) in [6.45, 7) is 1.71. The first-order valence-electron chi connectivity index (χ1n) is 8.16. The van der Waals surface area contributed by atoms with Gasteiger partial charge >= 0.3 is 0 Å². The number of sulfonamides is 1. The highest BCUT2D eigenvalue weighted by molar-refractivity contribution is 7.89. The SMILES string of the molecule is COCCC1(N(C)C)CCN(S(=O)(=O)c2cccc(OC)c2)CC1. The normalized spacial score (nSPS) is 18.7. The fraction of sp³-hybridized carbons (Fsp3) is 0.647. The van der Waals surface area contributed by atoms with E-state index in [4.69, 9.17) is 9.47 Å². The van der Waals surface area contributed by atoms with Crippen LogP contribution in [0.25, 0.3) is 0 Å². The first-order chi connectivity index (χ1) is 11.4. The van der Waals surface area contributed by atoms with Crippen molar-refractivity contribution in [1.29, 1.82) is 0 Å². The third kappa shape index (κ3) is 3.91. The molecule has 136 valence electrons. The minimum absolute atomic E-state index is 0.00356. The van der Waals surface area contributed by atoms with Crippen LogP contribution in [0.3, 0.4) is 0 Å². The summed E-state index contributed by atoms with van der Waals surface area (Å²) in [5.74, 6) is 0.552. The summed E-state index contributed by atoms with van der Waals surface area (Å²) in [5, 5.41) is 0. The molecular weight excluding hydrogens is 328 g/mol. The molecule has 0 N–H and O–H groups in total. The molecule has 0 amide bonds. The van der Waals surface area contributed by atoms with E-state index < -0.39 is 10.0 Å². The van der Waals surface area contributed by atoms with Gasteiger partial charge < -0.3 is 14.4 Å². The van der Waals surface area contributed by atoms with Crippen LogP contribution in [0.4, 0.5) is 0 Å². The Labute approximate surface area is 145 Å². The molecule has 0 unspecified atom stereocenters. The van der Waals surface area contributed by atoms with Gasteiger partial charge in [-0.1, -0.05) is 6.07 Å². The van der Waals surface area contributed by atoms with Crippen LogP contribution in [0.5, 0.6) is 5.75 Å². The summed E-state index contributed by atoms with van der Waals surface area (Å²) >= 11 is 0. The highest BCUT2D eigenvalue weighted by Gasteiger charge is 2.39. The highest BCUT2D eigenvalue weighted by Crippen LogP contribution is 2.33. The molecule has 0 radical (unpaired) electrons. The Morgan fingerprint density at radius 2 is 1.88 bits per heavy atom. The number of rotatable bonds is 7. The second-order valence-corrected chi connectivity index (χ2v) is 8.38. The molecule has 0 aromatic heterocycles. The third-order valence-electron chi connectivity index (χ3n) is 5.05. The van der Waals surface area contributed by atoms with Crippen molar-refractivity contribution >= 4 is 10.0 Å². The molecular formula is C17H28N2O4S. The lowest BCUT2D eigenvalue weighted by Gasteiger charge is -2.45. The molecule has 6 nitrogen and oxygen atoms in total. The van der Waals surface area contributed by atoms with Gasteiger partial charge in [-0.05, 0) is 45.5 Å². The number of piperidine rings is 1. The first kappa shape index (κ1) is 19.2. The van der Waals surface area contributed by atoms with Gasteiger partial charge in [-0.3, -0.25) is 0 Å². The van der Waals surface area contributed by atoms with Gasteiger partial charge in [0.15, 0.2) is 0 Å². The van der Waals surface area contributed by atoms with E-state index in [0.29, 0.717) is 25.4 Å². The smallest absolute Gasteiger partial charge is 0.243 e. The van der Waals surface area contributed by atoms with E-state index in [2.05, 4.69) is 19.0 Å². The van der Waals surface area contributed by atoms with Gasteiger partial charge in [-0.2, -0.15) is 4.31 Å². The van der Waals surface area contributed by atoms with Gasteiger partial charge in [0.2, 0.25) is 10.0 Å². The maximum absolute atomic E-state index is 12.9. The lowest BCUT2D eigenvalue weighted by molar-refractivity contribution is 0.0467. The topological polar surface area (TPSA) is 59.1 Å². The van der Waals surface area contributed by atoms with Crippen LogP contribution in [-0.2, 0) is 14.8 Å². The maximum Gasteiger partial charge on any atom is 0.243 e. The van der Waals surface area contributed by atoms with E-state index >= 15 is 0 Å². The monoisotopic (exact) mass is 356 g/mol. The van der Waals surface area contributed by atoms with Gasteiger partial charge in [0.05, 0.1) is 12.0 Å². The van der Waals surface area contributed by atoms with E-state index in [1.165, 1.54) is 7.11 Å². The van der Waals surface area contributed by atoms with Crippen molar-refractivity contribution in [1.82, 2.24) is 9.21 Å². The summed E-state index contributed by atoms with van der Waals surface area (Å²) in [5.41, 5.74) is -0.00356. The zero-order valence-electron chi connectivity index (χ0n) is 15.0. The molecule has 1 aliphatic rings. The molecule has 1 fully saturated rings. The average molecular weight is 356 g/mol. The van der Waals surface area contributed by atoms with E-state index in [-0.39, 0.29) is 10.4 Å². The summed E-state index contributed by atoms with van der Waals surface area (Å²) in [4.78, 5) is 2.50. The Bertz CT molecular complexity index is 638. The Hall–Kier alpha value is -1.15. The van der Waals surface area contributed by atoms with E-state index in [0.717, 1.165) is 19.3 Å². The number of nitrogens with zero attached hydrogens (tertiary/aromatic N) is 2. The molecule has 7 heteroatoms. The van der Waals surface area contributed by atoms with Crippen molar-refractivity contribution in [2.45, 2.75) is 29.7 Å². The zero-order valence-corrected chi connectivity index (χ0v) is 15.8. The second kappa shape index (κ2) is 7.82. The van der Waals surface area contributed by atoms with E-state index in [9.17, 15) is 8.42 Å². The van der Waals surface area contributed by atoms with Crippen molar-refractivity contribution in [3.63, 3.8) is 0 Å². The van der Waals surface area contributed by atoms with Crippen LogP contribution in [0.1, 0.15) is 19.3 Å². The molecule has 1 aromatic rings. The van der Waals surface area contributed by atoms with Crippen LogP contribution >= 0.6 is 0 Å². The van der Waals surface area contributed by atoms with Gasteiger partial charge in [0, 0.05) is 38.4 Å². The Balaban J connectivity index is 2.15. The second-order valence-electron chi connectivity index (χ2n) is 6.44. The number of benzene rings is 1. The molecule has 1 aliphatic heterocycles. The molecule has 0 saturated carbocycles. The molecule has 1 heterocycles. The quantitative estimate of drug-likeness (QED) is 0.746. The average Bonchev–Trinajstić information content (AvgIpc) is 2.60. The van der Waals surface area contributed by atoms with Gasteiger partial charge in [-0.25, -0.2) is 8.42 Å². The Kier molecular flexibility index (Phi) is 6.25. The zero-order chi connectivity index (χ0) is 17.8. The van der Waals surface area contributed by atoms with E-state index in [1.54, 1.807) is 35.7 Å². The maximum atomic E-state index is 12.9. The van der Waals surface area contributed by atoms with Gasteiger partial charge in [-0.15, -0.1) is 0 Å². The summed E-state index contributed by atoms with van der Waals surface area (Å²) in [6.07, 6.45) is 2.50. The largest absolute Gasteiger partial charge is 0.497 e. The van der Waals surface area contributed by atoms with Crippen molar-refractivity contribution in [3.05, 3.63) is 24.3 Å². The minimum Gasteiger partial charge on any atom is -0.497 e. The standard InChI is InChI=1S/C17H28N2O4S/c1-18(2)17(10-13-22-3)8-11-19(12-9-17)24(20,21)16-7-5-6-15(14-16)23-4/h5-7,14H,8-13H2,1-4H3. The van der Waals surface area contributed by atoms with Crippen molar-refractivity contribution < 1.29 is 17.9 Å². The number of ether oxygens (including phenoxy) is 2. The molecule has 0 bridgehead atoms. The molecule has 0 spiro atoms. The number of methoxy groups -OCH3 is 2. The first-order valence-corrected chi connectivity index (χ1v) is 9.60. The summed E-state index contributed by atoms with van der Waals surface area (Å²) in [6, 6.07) is 6.65. The van der Waals surface area contributed by atoms with E-state index in [1.807, 2.05) is 0 Å². The lowest BCUT2D eigenvalue weighted by atomic mass is 9.84. The lowest BCUT2D eigenvalue weighted by Crippen LogP contribution is -2.54. The molecule has 0 aliphatic carbocycles. The molecule has 24 heavy (non-hydrogen) atoms. The van der Waals surface area contributed by atoms with Crippen molar-refractivity contribution in [3.8, 4) is 5.75 Å². The molecule has 1 aromatic carbocycles. The Morgan fingerprint density at radius 3 is 2.42 bits per heavy atom. The van der Waals surface area contributed by atoms with Crippen LogP contribution in [0.2, 0.25) is 0 Å². The summed E-state index contributed by atoms with van der Waals surface area (Å²) in [7, 11) is 3.86. The number of hydrogen-bond donors (Lipinski definition) is 0. The Morgan fingerprint density at radius 1 is 1.21 bits per heavy atom. The van der Waals surface area contributed by atoms with Crippen LogP contribution in [0, 0.1) is 0 Å². The van der Waals surface area contributed by atoms with Gasteiger partial charge in [0.1, 0.15) is 5.75 Å². The molecule has 2 rings (SSSR count). The fourth-order valence-corrected chi connectivity index (χ4v) is 4.74. The highest BCUT2D eigenvalue weighted by atomic mass is 32.2. The van der Waals surface area contributed by atoms with Crippen LogP contribution < -0.4 is 4.74 Å². The van der Waals surface area contributed by atoms with Crippen molar-refractivity contribution in [2.75, 3.05) is 48.0 Å². The fourth-order valence-electron chi connectivity index (χ4n) is 3.27. The van der Waals surface area contributed by atoms with Crippen molar-refractivity contribution in [2.24, 2.45) is 0 Å². The predicted octanol–water partition coefficient (Wildman–Crippen LogP) is 1.82. The minimum atomic E-state index is -3.49. The summed E-state index contributed by atoms with van der Waals surface area (Å²) < 4.78 is 37.7. The molecule has 1 saturated heterocycles. The number of hydrogen-bond acceptors (Lipinski definition) is 5. The van der Waals surface area contributed by atoms with Gasteiger partial charge in [0.25, 0.3) is 0 Å². The van der Waals surface area contributed by atoms with Crippen LogP contribution in [-0.4, -0.2) is 71.2 Å². The molecule has 0 atom stereocenters. The third-order valence-corrected chi connectivity index (χ3v) is 6.95.